The predicted molar refractivity (Wildman–Crippen MR) is 90.3 cm³/mol. The standard InChI is InChI=1S/C17H32BrNO/c1-2-3-4-5-6-7-8-11-16(20)19-15-17(14-18)12-9-10-13-17/h2-15H2,1H3,(H,19,20). The normalized spacial score (nSPS) is 17.3. The minimum Gasteiger partial charge on any atom is -0.356 e. The van der Waals surface area contributed by atoms with Crippen LogP contribution in [0, 0.1) is 5.41 Å². The zero-order valence-corrected chi connectivity index (χ0v) is 14.8. The van der Waals surface area contributed by atoms with Crippen LogP contribution in [0.2, 0.25) is 0 Å². The van der Waals surface area contributed by atoms with Gasteiger partial charge >= 0.3 is 0 Å². The minimum absolute atomic E-state index is 0.255. The summed E-state index contributed by atoms with van der Waals surface area (Å²) in [4.78, 5) is 11.9. The second-order valence-electron chi connectivity index (χ2n) is 6.49. The Balaban J connectivity index is 2.00. The maximum atomic E-state index is 11.9. The third-order valence-electron chi connectivity index (χ3n) is 4.62. The number of carbonyl (C=O) groups excluding carboxylic acids is 1. The fourth-order valence-corrected chi connectivity index (χ4v) is 3.86. The molecular weight excluding hydrogens is 314 g/mol. The van der Waals surface area contributed by atoms with Crippen LogP contribution in [0.25, 0.3) is 0 Å². The topological polar surface area (TPSA) is 29.1 Å². The average molecular weight is 346 g/mol. The number of amides is 1. The fraction of sp³-hybridized carbons (Fsp3) is 0.941. The van der Waals surface area contributed by atoms with Crippen molar-refractivity contribution in [2.45, 2.75) is 84.0 Å². The molecule has 1 saturated carbocycles. The molecule has 1 aliphatic carbocycles. The van der Waals surface area contributed by atoms with Gasteiger partial charge in [-0.3, -0.25) is 4.79 Å². The molecule has 0 spiro atoms. The van der Waals surface area contributed by atoms with Crippen molar-refractivity contribution in [3.63, 3.8) is 0 Å². The molecule has 20 heavy (non-hydrogen) atoms. The lowest BCUT2D eigenvalue weighted by Gasteiger charge is -2.26. The van der Waals surface area contributed by atoms with Gasteiger partial charge in [0, 0.05) is 18.3 Å². The van der Waals surface area contributed by atoms with Crippen molar-refractivity contribution in [2.75, 3.05) is 11.9 Å². The summed E-state index contributed by atoms with van der Waals surface area (Å²) in [7, 11) is 0. The van der Waals surface area contributed by atoms with Gasteiger partial charge in [0.15, 0.2) is 0 Å². The molecule has 1 aliphatic rings. The van der Waals surface area contributed by atoms with E-state index in [2.05, 4.69) is 28.2 Å². The number of carbonyl (C=O) groups is 1. The van der Waals surface area contributed by atoms with Crippen LogP contribution in [-0.2, 0) is 4.79 Å². The van der Waals surface area contributed by atoms with Crippen LogP contribution in [0.15, 0.2) is 0 Å². The lowest BCUT2D eigenvalue weighted by Crippen LogP contribution is -2.36. The largest absolute Gasteiger partial charge is 0.356 e. The zero-order chi connectivity index (χ0) is 14.7. The average Bonchev–Trinajstić information content (AvgIpc) is 2.94. The number of rotatable bonds is 11. The van der Waals surface area contributed by atoms with Gasteiger partial charge in [0.2, 0.25) is 5.91 Å². The summed E-state index contributed by atoms with van der Waals surface area (Å²) in [5, 5.41) is 4.18. The van der Waals surface area contributed by atoms with Crippen molar-refractivity contribution in [1.82, 2.24) is 5.32 Å². The van der Waals surface area contributed by atoms with Crippen LogP contribution >= 0.6 is 15.9 Å². The smallest absolute Gasteiger partial charge is 0.220 e. The van der Waals surface area contributed by atoms with Crippen LogP contribution in [0.3, 0.4) is 0 Å². The van der Waals surface area contributed by atoms with Gasteiger partial charge in [-0.25, -0.2) is 0 Å². The maximum Gasteiger partial charge on any atom is 0.220 e. The molecule has 0 aliphatic heterocycles. The molecule has 118 valence electrons. The quantitative estimate of drug-likeness (QED) is 0.404. The zero-order valence-electron chi connectivity index (χ0n) is 13.2. The molecule has 0 heterocycles. The molecule has 0 atom stereocenters. The number of alkyl halides is 1. The Morgan fingerprint density at radius 1 is 1.05 bits per heavy atom. The number of unbranched alkanes of at least 4 members (excludes halogenated alkanes) is 6. The third-order valence-corrected chi connectivity index (χ3v) is 5.81. The second kappa shape index (κ2) is 10.6. The van der Waals surface area contributed by atoms with E-state index in [1.807, 2.05) is 0 Å². The molecule has 3 heteroatoms. The highest BCUT2D eigenvalue weighted by Gasteiger charge is 2.32. The molecule has 1 fully saturated rings. The van der Waals surface area contributed by atoms with Crippen LogP contribution in [0.4, 0.5) is 0 Å². The van der Waals surface area contributed by atoms with E-state index in [1.54, 1.807) is 0 Å². The molecule has 1 rings (SSSR count). The monoisotopic (exact) mass is 345 g/mol. The van der Waals surface area contributed by atoms with E-state index in [0.717, 1.165) is 18.3 Å². The van der Waals surface area contributed by atoms with E-state index in [4.69, 9.17) is 0 Å². The van der Waals surface area contributed by atoms with Gasteiger partial charge in [0.05, 0.1) is 0 Å². The van der Waals surface area contributed by atoms with Crippen molar-refractivity contribution in [3.8, 4) is 0 Å². The van der Waals surface area contributed by atoms with Crippen LogP contribution in [-0.4, -0.2) is 17.8 Å². The molecule has 1 N–H and O–H groups in total. The van der Waals surface area contributed by atoms with E-state index < -0.39 is 0 Å². The van der Waals surface area contributed by atoms with Gasteiger partial charge in [0.25, 0.3) is 0 Å². The molecular formula is C17H32BrNO. The van der Waals surface area contributed by atoms with E-state index in [0.29, 0.717) is 11.8 Å². The number of halogens is 1. The Hall–Kier alpha value is -0.0500. The van der Waals surface area contributed by atoms with Crippen molar-refractivity contribution < 1.29 is 4.79 Å². The first kappa shape index (κ1) is 18.0. The van der Waals surface area contributed by atoms with Gasteiger partial charge in [-0.1, -0.05) is 74.2 Å². The Morgan fingerprint density at radius 3 is 2.25 bits per heavy atom. The molecule has 0 unspecified atom stereocenters. The maximum absolute atomic E-state index is 11.9. The molecule has 1 amide bonds. The summed E-state index contributed by atoms with van der Waals surface area (Å²) in [6, 6.07) is 0. The Bertz CT molecular complexity index is 262. The molecule has 2 nitrogen and oxygen atoms in total. The first-order valence-corrected chi connectivity index (χ1v) is 9.67. The minimum atomic E-state index is 0.255. The molecule has 0 aromatic carbocycles. The number of nitrogens with one attached hydrogen (secondary N) is 1. The van der Waals surface area contributed by atoms with Crippen molar-refractivity contribution in [2.24, 2.45) is 5.41 Å². The van der Waals surface area contributed by atoms with Crippen molar-refractivity contribution >= 4 is 21.8 Å². The fourth-order valence-electron chi connectivity index (χ4n) is 3.10. The van der Waals surface area contributed by atoms with Crippen LogP contribution in [0.1, 0.15) is 84.0 Å². The summed E-state index contributed by atoms with van der Waals surface area (Å²) < 4.78 is 0. The highest BCUT2D eigenvalue weighted by molar-refractivity contribution is 9.09. The first-order chi connectivity index (χ1) is 9.72. The summed E-state index contributed by atoms with van der Waals surface area (Å²) >= 11 is 3.63. The Labute approximate surface area is 133 Å². The molecule has 0 bridgehead atoms. The van der Waals surface area contributed by atoms with Gasteiger partial charge in [-0.15, -0.1) is 0 Å². The highest BCUT2D eigenvalue weighted by atomic mass is 79.9. The SMILES string of the molecule is CCCCCCCCCC(=O)NCC1(CBr)CCCC1. The lowest BCUT2D eigenvalue weighted by molar-refractivity contribution is -0.121. The van der Waals surface area contributed by atoms with Gasteiger partial charge in [-0.05, 0) is 24.7 Å². The molecule has 0 radical (unpaired) electrons. The third kappa shape index (κ3) is 7.10. The number of hydrogen-bond acceptors (Lipinski definition) is 1. The Morgan fingerprint density at radius 2 is 1.65 bits per heavy atom. The van der Waals surface area contributed by atoms with Gasteiger partial charge in [-0.2, -0.15) is 0 Å². The highest BCUT2D eigenvalue weighted by Crippen LogP contribution is 2.38. The van der Waals surface area contributed by atoms with Crippen LogP contribution < -0.4 is 5.32 Å². The summed E-state index contributed by atoms with van der Waals surface area (Å²) in [5.74, 6) is 0.255. The van der Waals surface area contributed by atoms with Crippen molar-refractivity contribution in [1.29, 1.82) is 0 Å². The summed E-state index contributed by atoms with van der Waals surface area (Å²) in [5.41, 5.74) is 0.343. The van der Waals surface area contributed by atoms with Crippen molar-refractivity contribution in [3.05, 3.63) is 0 Å². The van der Waals surface area contributed by atoms with Gasteiger partial charge < -0.3 is 5.32 Å². The van der Waals surface area contributed by atoms with Crippen LogP contribution in [0.5, 0.6) is 0 Å². The van der Waals surface area contributed by atoms with E-state index in [1.165, 1.54) is 64.2 Å². The first-order valence-electron chi connectivity index (χ1n) is 8.55. The lowest BCUT2D eigenvalue weighted by atomic mass is 9.89. The number of hydrogen-bond donors (Lipinski definition) is 1. The van der Waals surface area contributed by atoms with E-state index in [9.17, 15) is 4.79 Å². The summed E-state index contributed by atoms with van der Waals surface area (Å²) in [6.07, 6.45) is 14.8. The molecule has 0 aromatic heterocycles. The summed E-state index contributed by atoms with van der Waals surface area (Å²) in [6.45, 7) is 3.11. The molecule has 0 aromatic rings. The predicted octanol–water partition coefficient (Wildman–Crippen LogP) is 5.20. The molecule has 0 saturated heterocycles. The van der Waals surface area contributed by atoms with E-state index in [-0.39, 0.29) is 5.91 Å². The van der Waals surface area contributed by atoms with E-state index >= 15 is 0 Å². The Kier molecular flexibility index (Phi) is 9.58. The van der Waals surface area contributed by atoms with Gasteiger partial charge in [0.1, 0.15) is 0 Å². The second-order valence-corrected chi connectivity index (χ2v) is 7.05.